The van der Waals surface area contributed by atoms with Gasteiger partial charge in [-0.25, -0.2) is 0 Å². The van der Waals surface area contributed by atoms with Gasteiger partial charge in [0.1, 0.15) is 0 Å². The van der Waals surface area contributed by atoms with Crippen LogP contribution in [-0.2, 0) is 14.4 Å². The molecule has 1 aliphatic rings. The summed E-state index contributed by atoms with van der Waals surface area (Å²) in [7, 11) is 0. The SMILES string of the molecule is C[C@H](NC(=O)C1CCCCC1C(C)(C)C)NC(=O)[C@@H](N)CC(=O)O. The highest BCUT2D eigenvalue weighted by molar-refractivity contribution is 5.86. The molecule has 138 valence electrons. The average Bonchev–Trinajstić information content (AvgIpc) is 2.45. The Kier molecular flexibility index (Phi) is 7.20. The van der Waals surface area contributed by atoms with E-state index in [4.69, 9.17) is 10.8 Å². The maximum atomic E-state index is 12.6. The smallest absolute Gasteiger partial charge is 0.305 e. The standard InChI is InChI=1S/C17H31N3O4/c1-10(20-16(24)13(18)9-14(21)22)19-15(23)11-7-5-6-8-12(11)17(2,3)4/h10-13H,5-9,18H2,1-4H3,(H,19,23)(H,20,24)(H,21,22)/t10-,11?,12?,13+/m1/s1. The van der Waals surface area contributed by atoms with Gasteiger partial charge in [-0.2, -0.15) is 0 Å². The van der Waals surface area contributed by atoms with Gasteiger partial charge in [-0.1, -0.05) is 33.6 Å². The number of nitrogens with one attached hydrogen (secondary N) is 2. The molecule has 1 fully saturated rings. The molecule has 1 rings (SSSR count). The molecule has 0 aromatic rings. The second kappa shape index (κ2) is 8.46. The number of hydrogen-bond acceptors (Lipinski definition) is 4. The number of hydrogen-bond donors (Lipinski definition) is 4. The van der Waals surface area contributed by atoms with Gasteiger partial charge in [0.05, 0.1) is 18.6 Å². The lowest BCUT2D eigenvalue weighted by Gasteiger charge is -2.40. The van der Waals surface area contributed by atoms with Gasteiger partial charge >= 0.3 is 5.97 Å². The van der Waals surface area contributed by atoms with Crippen molar-refractivity contribution in [1.82, 2.24) is 10.6 Å². The van der Waals surface area contributed by atoms with E-state index in [-0.39, 0.29) is 17.2 Å². The zero-order valence-corrected chi connectivity index (χ0v) is 15.1. The highest BCUT2D eigenvalue weighted by atomic mass is 16.4. The quantitative estimate of drug-likeness (QED) is 0.541. The molecule has 1 aliphatic carbocycles. The van der Waals surface area contributed by atoms with Gasteiger partial charge in [0.2, 0.25) is 11.8 Å². The van der Waals surface area contributed by atoms with Crippen molar-refractivity contribution in [3.63, 3.8) is 0 Å². The molecule has 0 radical (unpaired) electrons. The molecule has 0 bridgehead atoms. The molecule has 2 amide bonds. The van der Waals surface area contributed by atoms with Crippen LogP contribution in [0.3, 0.4) is 0 Å². The number of rotatable bonds is 6. The molecule has 7 heteroatoms. The number of carboxylic acids is 1. The van der Waals surface area contributed by atoms with Gasteiger partial charge in [0.15, 0.2) is 0 Å². The van der Waals surface area contributed by atoms with E-state index in [1.54, 1.807) is 6.92 Å². The normalized spacial score (nSPS) is 23.9. The van der Waals surface area contributed by atoms with Crippen LogP contribution in [0.25, 0.3) is 0 Å². The third kappa shape index (κ3) is 6.11. The molecule has 24 heavy (non-hydrogen) atoms. The number of carbonyl (C=O) groups excluding carboxylic acids is 2. The van der Waals surface area contributed by atoms with Crippen LogP contribution in [0.15, 0.2) is 0 Å². The van der Waals surface area contributed by atoms with Gasteiger partial charge in [0, 0.05) is 5.92 Å². The number of carbonyl (C=O) groups is 3. The van der Waals surface area contributed by atoms with E-state index in [1.165, 1.54) is 0 Å². The summed E-state index contributed by atoms with van der Waals surface area (Å²) in [6.45, 7) is 8.11. The molecular formula is C17H31N3O4. The monoisotopic (exact) mass is 341 g/mol. The minimum Gasteiger partial charge on any atom is -0.481 e. The zero-order valence-electron chi connectivity index (χ0n) is 15.1. The van der Waals surface area contributed by atoms with E-state index < -0.39 is 30.5 Å². The molecule has 7 nitrogen and oxygen atoms in total. The minimum atomic E-state index is -1.13. The number of aliphatic carboxylic acids is 1. The minimum absolute atomic E-state index is 0.0543. The summed E-state index contributed by atoms with van der Waals surface area (Å²) in [5.41, 5.74) is 5.57. The Hall–Kier alpha value is -1.63. The first-order valence-electron chi connectivity index (χ1n) is 8.60. The molecule has 0 spiro atoms. The summed E-state index contributed by atoms with van der Waals surface area (Å²) in [5, 5.41) is 14.0. The molecule has 5 N–H and O–H groups in total. The van der Waals surface area contributed by atoms with Crippen LogP contribution in [0, 0.1) is 17.3 Å². The maximum Gasteiger partial charge on any atom is 0.305 e. The lowest BCUT2D eigenvalue weighted by atomic mass is 9.66. The van der Waals surface area contributed by atoms with Crippen molar-refractivity contribution in [2.24, 2.45) is 23.0 Å². The van der Waals surface area contributed by atoms with Crippen molar-refractivity contribution < 1.29 is 19.5 Å². The molecule has 2 unspecified atom stereocenters. The first-order valence-corrected chi connectivity index (χ1v) is 8.60. The molecule has 0 aromatic heterocycles. The lowest BCUT2D eigenvalue weighted by Crippen LogP contribution is -2.53. The average molecular weight is 341 g/mol. The molecule has 0 saturated heterocycles. The molecular weight excluding hydrogens is 310 g/mol. The van der Waals surface area contributed by atoms with Crippen molar-refractivity contribution in [3.05, 3.63) is 0 Å². The third-order valence-electron chi connectivity index (χ3n) is 4.66. The highest BCUT2D eigenvalue weighted by Gasteiger charge is 2.38. The Labute approximate surface area is 143 Å². The van der Waals surface area contributed by atoms with Crippen LogP contribution in [0.4, 0.5) is 0 Å². The summed E-state index contributed by atoms with van der Waals surface area (Å²) in [5.74, 6) is -1.53. The van der Waals surface area contributed by atoms with E-state index in [0.717, 1.165) is 25.7 Å². The van der Waals surface area contributed by atoms with E-state index in [1.807, 2.05) is 0 Å². The summed E-state index contributed by atoms with van der Waals surface area (Å²) >= 11 is 0. The van der Waals surface area contributed by atoms with Crippen LogP contribution in [-0.4, -0.2) is 35.1 Å². The summed E-state index contributed by atoms with van der Waals surface area (Å²) in [4.78, 5) is 35.0. The fraction of sp³-hybridized carbons (Fsp3) is 0.824. The van der Waals surface area contributed by atoms with Crippen molar-refractivity contribution in [3.8, 4) is 0 Å². The lowest BCUT2D eigenvalue weighted by molar-refractivity contribution is -0.140. The van der Waals surface area contributed by atoms with E-state index in [9.17, 15) is 14.4 Å². The topological polar surface area (TPSA) is 122 Å². The van der Waals surface area contributed by atoms with Gasteiger partial charge in [-0.05, 0) is 31.1 Å². The van der Waals surface area contributed by atoms with Crippen molar-refractivity contribution in [1.29, 1.82) is 0 Å². The van der Waals surface area contributed by atoms with Gasteiger partial charge < -0.3 is 21.5 Å². The number of amides is 2. The molecule has 0 aromatic carbocycles. The predicted octanol–water partition coefficient (Wildman–Crippen LogP) is 1.22. The molecule has 0 aliphatic heterocycles. The van der Waals surface area contributed by atoms with E-state index in [0.29, 0.717) is 5.92 Å². The van der Waals surface area contributed by atoms with Crippen molar-refractivity contribution >= 4 is 17.8 Å². The third-order valence-corrected chi connectivity index (χ3v) is 4.66. The van der Waals surface area contributed by atoms with E-state index in [2.05, 4.69) is 31.4 Å². The summed E-state index contributed by atoms with van der Waals surface area (Å²) in [6.07, 6.45) is 3.03. The molecule has 4 atom stereocenters. The number of carboxylic acid groups (broad SMARTS) is 1. The Morgan fingerprint density at radius 1 is 1.17 bits per heavy atom. The van der Waals surface area contributed by atoms with Crippen LogP contribution in [0.2, 0.25) is 0 Å². The molecule has 0 heterocycles. The molecule has 1 saturated carbocycles. The van der Waals surface area contributed by atoms with Crippen molar-refractivity contribution in [2.45, 2.75) is 72.0 Å². The number of nitrogens with two attached hydrogens (primary N) is 1. The Morgan fingerprint density at radius 2 is 1.75 bits per heavy atom. The Morgan fingerprint density at radius 3 is 2.29 bits per heavy atom. The van der Waals surface area contributed by atoms with Crippen molar-refractivity contribution in [2.75, 3.05) is 0 Å². The first-order chi connectivity index (χ1) is 11.0. The van der Waals surface area contributed by atoms with Gasteiger partial charge in [-0.15, -0.1) is 0 Å². The Bertz CT molecular complexity index is 473. The largest absolute Gasteiger partial charge is 0.481 e. The van der Waals surface area contributed by atoms with Gasteiger partial charge in [-0.3, -0.25) is 14.4 Å². The van der Waals surface area contributed by atoms with Crippen LogP contribution < -0.4 is 16.4 Å². The maximum absolute atomic E-state index is 12.6. The van der Waals surface area contributed by atoms with Crippen LogP contribution >= 0.6 is 0 Å². The fourth-order valence-corrected chi connectivity index (χ4v) is 3.44. The Balaban J connectivity index is 2.59. The van der Waals surface area contributed by atoms with Crippen LogP contribution in [0.1, 0.15) is 59.8 Å². The fourth-order valence-electron chi connectivity index (χ4n) is 3.44. The second-order valence-electron chi connectivity index (χ2n) is 7.81. The first kappa shape index (κ1) is 20.4. The highest BCUT2D eigenvalue weighted by Crippen LogP contribution is 2.41. The van der Waals surface area contributed by atoms with Crippen LogP contribution in [0.5, 0.6) is 0 Å². The summed E-state index contributed by atoms with van der Waals surface area (Å²) < 4.78 is 0. The summed E-state index contributed by atoms with van der Waals surface area (Å²) in [6, 6.07) is -1.13. The zero-order chi connectivity index (χ0) is 18.5. The van der Waals surface area contributed by atoms with Gasteiger partial charge in [0.25, 0.3) is 0 Å². The second-order valence-corrected chi connectivity index (χ2v) is 7.81. The van der Waals surface area contributed by atoms with E-state index >= 15 is 0 Å². The predicted molar refractivity (Wildman–Crippen MR) is 90.9 cm³/mol.